The molecule has 0 aromatic heterocycles. The van der Waals surface area contributed by atoms with Crippen molar-refractivity contribution >= 4 is 17.3 Å². The topological polar surface area (TPSA) is 70.7 Å². The van der Waals surface area contributed by atoms with Gasteiger partial charge in [-0.1, -0.05) is 49.6 Å². The molecule has 0 aliphatic rings. The molecule has 5 nitrogen and oxygen atoms in total. The first kappa shape index (κ1) is 19.1. The lowest BCUT2D eigenvalue weighted by molar-refractivity contribution is -0.110. The van der Waals surface area contributed by atoms with E-state index < -0.39 is 0 Å². The molecule has 0 aliphatic heterocycles. The number of nitrogens with two attached hydrogens (primary N) is 1. The first-order valence-corrected chi connectivity index (χ1v) is 7.49. The Kier molecular flexibility index (Phi) is 7.39. The molecule has 126 valence electrons. The van der Waals surface area contributed by atoms with Gasteiger partial charge in [0.2, 0.25) is 0 Å². The summed E-state index contributed by atoms with van der Waals surface area (Å²) in [6, 6.07) is 7.51. The molecule has 0 bridgehead atoms. The van der Waals surface area contributed by atoms with E-state index in [0.717, 1.165) is 16.4 Å². The van der Waals surface area contributed by atoms with Crippen LogP contribution in [0.1, 0.15) is 19.4 Å². The third kappa shape index (κ3) is 5.70. The smallest absolute Gasteiger partial charge is 0.276 e. The van der Waals surface area contributed by atoms with E-state index in [-0.39, 0.29) is 11.6 Å². The first-order valence-electron chi connectivity index (χ1n) is 7.49. The van der Waals surface area contributed by atoms with Gasteiger partial charge < -0.3 is 5.32 Å². The second-order valence-electron chi connectivity index (χ2n) is 5.27. The van der Waals surface area contributed by atoms with Crippen LogP contribution in [0, 0.1) is 6.92 Å². The summed E-state index contributed by atoms with van der Waals surface area (Å²) >= 11 is 0. The van der Waals surface area contributed by atoms with E-state index in [1.54, 1.807) is 38.2 Å². The Labute approximate surface area is 143 Å². The van der Waals surface area contributed by atoms with Gasteiger partial charge in [0.25, 0.3) is 5.91 Å². The molecule has 24 heavy (non-hydrogen) atoms. The number of nitrogens with one attached hydrogen (secondary N) is 1. The molecule has 0 aliphatic carbocycles. The van der Waals surface area contributed by atoms with Crippen molar-refractivity contribution in [3.8, 4) is 0 Å². The Balaban J connectivity index is 3.00. The van der Waals surface area contributed by atoms with Crippen LogP contribution in [0.25, 0.3) is 0 Å². The predicted octanol–water partition coefficient (Wildman–Crippen LogP) is 3.69. The summed E-state index contributed by atoms with van der Waals surface area (Å²) in [5.41, 5.74) is 3.03. The fraction of sp³-hybridized carbons (Fsp3) is 0.158. The van der Waals surface area contributed by atoms with Crippen molar-refractivity contribution in [3.63, 3.8) is 0 Å². The highest BCUT2D eigenvalue weighted by atomic mass is 16.2. The fourth-order valence-electron chi connectivity index (χ4n) is 1.76. The molecule has 0 unspecified atom stereocenters. The minimum atomic E-state index is -0.360. The Morgan fingerprint density at radius 2 is 1.96 bits per heavy atom. The summed E-state index contributed by atoms with van der Waals surface area (Å²) in [7, 11) is 0. The minimum Gasteiger partial charge on any atom is -0.320 e. The molecule has 0 spiro atoms. The van der Waals surface area contributed by atoms with Crippen LogP contribution in [0.2, 0.25) is 0 Å². The molecule has 0 saturated carbocycles. The van der Waals surface area contributed by atoms with Crippen LogP contribution in [0.3, 0.4) is 0 Å². The fourth-order valence-corrected chi connectivity index (χ4v) is 1.76. The monoisotopic (exact) mass is 324 g/mol. The maximum atomic E-state index is 12.5. The quantitative estimate of drug-likeness (QED) is 0.348. The molecule has 1 rings (SSSR count). The van der Waals surface area contributed by atoms with Gasteiger partial charge in [0.15, 0.2) is 5.71 Å². The van der Waals surface area contributed by atoms with Gasteiger partial charge in [-0.15, -0.1) is 0 Å². The second-order valence-corrected chi connectivity index (χ2v) is 5.27. The van der Waals surface area contributed by atoms with E-state index in [1.165, 1.54) is 0 Å². The summed E-state index contributed by atoms with van der Waals surface area (Å²) in [5.74, 6) is 5.54. The molecule has 0 fully saturated rings. The minimum absolute atomic E-state index is 0.168. The first-order chi connectivity index (χ1) is 11.4. The van der Waals surface area contributed by atoms with E-state index in [0.29, 0.717) is 11.3 Å². The standard InChI is InChI=1S/C19H24N4O/c1-6-7-8-12-16(5)23(20)22-18(14(2)3)19(24)21-17-13-10-9-11-15(17)4/h6-13H,1-2,20H2,3-5H3,(H,21,24)/b8-7-,16-12+,22-18+. The summed E-state index contributed by atoms with van der Waals surface area (Å²) in [6.45, 7) is 12.8. The van der Waals surface area contributed by atoms with Crippen molar-refractivity contribution in [2.24, 2.45) is 10.9 Å². The van der Waals surface area contributed by atoms with Gasteiger partial charge in [0.05, 0.1) is 5.70 Å². The molecular weight excluding hydrogens is 300 g/mol. The Bertz CT molecular complexity index is 714. The largest absolute Gasteiger partial charge is 0.320 e. The van der Waals surface area contributed by atoms with E-state index in [9.17, 15) is 4.79 Å². The zero-order valence-electron chi connectivity index (χ0n) is 14.4. The van der Waals surface area contributed by atoms with Crippen molar-refractivity contribution in [1.29, 1.82) is 0 Å². The summed E-state index contributed by atoms with van der Waals surface area (Å²) in [4.78, 5) is 12.5. The zero-order valence-corrected chi connectivity index (χ0v) is 14.4. The average Bonchev–Trinajstić information content (AvgIpc) is 2.54. The van der Waals surface area contributed by atoms with Gasteiger partial charge in [-0.25, -0.2) is 11.0 Å². The summed E-state index contributed by atoms with van der Waals surface area (Å²) in [5, 5.41) is 8.15. The molecule has 0 heterocycles. The zero-order chi connectivity index (χ0) is 18.1. The number of allylic oxidation sites excluding steroid dienone is 5. The molecule has 3 N–H and O–H groups in total. The number of hydrazine groups is 1. The molecule has 1 amide bonds. The predicted molar refractivity (Wildman–Crippen MR) is 101 cm³/mol. The van der Waals surface area contributed by atoms with Crippen molar-refractivity contribution in [2.75, 3.05) is 5.32 Å². The lowest BCUT2D eigenvalue weighted by Crippen LogP contribution is -2.31. The highest BCUT2D eigenvalue weighted by Gasteiger charge is 2.15. The number of hydrazone groups is 1. The van der Waals surface area contributed by atoms with Gasteiger partial charge in [0, 0.05) is 5.69 Å². The number of anilines is 1. The number of carbonyl (C=O) groups excluding carboxylic acids is 1. The van der Waals surface area contributed by atoms with Gasteiger partial charge in [-0.2, -0.15) is 5.10 Å². The van der Waals surface area contributed by atoms with Crippen LogP contribution in [0.4, 0.5) is 5.69 Å². The van der Waals surface area contributed by atoms with Gasteiger partial charge in [-0.05, 0) is 44.1 Å². The third-order valence-electron chi connectivity index (χ3n) is 3.17. The Hall–Kier alpha value is -2.92. The van der Waals surface area contributed by atoms with Gasteiger partial charge in [0.1, 0.15) is 0 Å². The van der Waals surface area contributed by atoms with Crippen LogP contribution in [-0.4, -0.2) is 16.7 Å². The van der Waals surface area contributed by atoms with Crippen LogP contribution >= 0.6 is 0 Å². The summed E-state index contributed by atoms with van der Waals surface area (Å²) in [6.07, 6.45) is 6.97. The Morgan fingerprint density at radius 3 is 2.54 bits per heavy atom. The van der Waals surface area contributed by atoms with E-state index in [4.69, 9.17) is 5.84 Å². The van der Waals surface area contributed by atoms with Crippen molar-refractivity contribution < 1.29 is 4.79 Å². The van der Waals surface area contributed by atoms with Crippen molar-refractivity contribution in [1.82, 2.24) is 5.12 Å². The third-order valence-corrected chi connectivity index (χ3v) is 3.17. The molecule has 5 heteroatoms. The molecule has 0 atom stereocenters. The Morgan fingerprint density at radius 1 is 1.29 bits per heavy atom. The highest BCUT2D eigenvalue weighted by molar-refractivity contribution is 6.48. The van der Waals surface area contributed by atoms with Gasteiger partial charge in [-0.3, -0.25) is 4.79 Å². The number of nitrogens with zero attached hydrogens (tertiary/aromatic N) is 2. The normalized spacial score (nSPS) is 12.2. The van der Waals surface area contributed by atoms with Gasteiger partial charge >= 0.3 is 0 Å². The summed E-state index contributed by atoms with van der Waals surface area (Å²) < 4.78 is 0. The van der Waals surface area contributed by atoms with Crippen LogP contribution in [0.15, 0.2) is 78.1 Å². The SMILES string of the molecule is C=C/C=C\C=C(/C)N(N)/N=C(\C(=C)C)C(=O)Nc1ccccc1C. The lowest BCUT2D eigenvalue weighted by Gasteiger charge is -2.16. The number of benzene rings is 1. The van der Waals surface area contributed by atoms with Crippen LogP contribution in [0.5, 0.6) is 0 Å². The molecule has 0 radical (unpaired) electrons. The van der Waals surface area contributed by atoms with E-state index in [1.807, 2.05) is 31.2 Å². The number of para-hydroxylation sites is 1. The molecule has 1 aromatic carbocycles. The molecular formula is C19H24N4O. The maximum absolute atomic E-state index is 12.5. The van der Waals surface area contributed by atoms with E-state index >= 15 is 0 Å². The number of carbonyl (C=O) groups is 1. The second kappa shape index (κ2) is 9.27. The van der Waals surface area contributed by atoms with Crippen LogP contribution < -0.4 is 11.2 Å². The van der Waals surface area contributed by atoms with Crippen molar-refractivity contribution in [2.45, 2.75) is 20.8 Å². The number of hydrogen-bond donors (Lipinski definition) is 2. The molecule has 0 saturated heterocycles. The highest BCUT2D eigenvalue weighted by Crippen LogP contribution is 2.14. The van der Waals surface area contributed by atoms with Crippen LogP contribution in [-0.2, 0) is 4.79 Å². The number of rotatable bonds is 7. The maximum Gasteiger partial charge on any atom is 0.276 e. The van der Waals surface area contributed by atoms with Crippen molar-refractivity contribution in [3.05, 3.63) is 78.6 Å². The van der Waals surface area contributed by atoms with E-state index in [2.05, 4.69) is 23.6 Å². The number of hydrogen-bond acceptors (Lipinski definition) is 4. The molecule has 1 aromatic rings. The average molecular weight is 324 g/mol. The lowest BCUT2D eigenvalue weighted by atomic mass is 10.1. The number of aryl methyl sites for hydroxylation is 1. The number of amides is 1.